The Morgan fingerprint density at radius 1 is 1.00 bits per heavy atom. The molecular formula is C16H16N2O2. The van der Waals surface area contributed by atoms with E-state index in [-0.39, 0.29) is 5.91 Å². The van der Waals surface area contributed by atoms with E-state index in [1.54, 1.807) is 24.3 Å². The fourth-order valence-electron chi connectivity index (χ4n) is 1.93. The van der Waals surface area contributed by atoms with E-state index < -0.39 is 5.91 Å². The van der Waals surface area contributed by atoms with Crippen LogP contribution in [0.3, 0.4) is 0 Å². The Kier molecular flexibility index (Phi) is 3.84. The Hall–Kier alpha value is -2.62. The maximum Gasteiger partial charge on any atom is 0.255 e. The molecule has 3 N–H and O–H groups in total. The number of anilines is 1. The van der Waals surface area contributed by atoms with Crippen LogP contribution in [0.25, 0.3) is 0 Å². The standard InChI is InChI=1S/C16H16N2O2/c1-10-6-8-12(9-7-10)16(20)18-14-11(2)4-3-5-13(14)15(17)19/h3-9H,1-2H3,(H2,17,19)(H,18,20). The van der Waals surface area contributed by atoms with Crippen LogP contribution >= 0.6 is 0 Å². The number of carbonyl (C=O) groups is 2. The van der Waals surface area contributed by atoms with Gasteiger partial charge in [-0.25, -0.2) is 0 Å². The van der Waals surface area contributed by atoms with Gasteiger partial charge in [-0.15, -0.1) is 0 Å². The molecule has 0 aliphatic rings. The minimum atomic E-state index is -0.562. The van der Waals surface area contributed by atoms with Gasteiger partial charge in [0.05, 0.1) is 11.3 Å². The molecule has 20 heavy (non-hydrogen) atoms. The quantitative estimate of drug-likeness (QED) is 0.898. The molecule has 0 fully saturated rings. The van der Waals surface area contributed by atoms with Crippen molar-refractivity contribution in [2.45, 2.75) is 13.8 Å². The van der Waals surface area contributed by atoms with Crippen LogP contribution in [-0.4, -0.2) is 11.8 Å². The average Bonchev–Trinajstić information content (AvgIpc) is 2.41. The number of amides is 2. The number of primary amides is 1. The fraction of sp³-hybridized carbons (Fsp3) is 0.125. The van der Waals surface area contributed by atoms with Crippen molar-refractivity contribution < 1.29 is 9.59 Å². The Morgan fingerprint density at radius 2 is 1.65 bits per heavy atom. The number of nitrogens with two attached hydrogens (primary N) is 1. The molecule has 0 aliphatic carbocycles. The van der Waals surface area contributed by atoms with Crippen molar-refractivity contribution in [3.05, 3.63) is 64.7 Å². The second-order valence-electron chi connectivity index (χ2n) is 4.68. The summed E-state index contributed by atoms with van der Waals surface area (Å²) in [7, 11) is 0. The van der Waals surface area contributed by atoms with Crippen LogP contribution in [0, 0.1) is 13.8 Å². The molecule has 2 aromatic carbocycles. The topological polar surface area (TPSA) is 72.2 Å². The number of benzene rings is 2. The summed E-state index contributed by atoms with van der Waals surface area (Å²) in [5, 5.41) is 2.76. The first-order valence-electron chi connectivity index (χ1n) is 6.26. The van der Waals surface area contributed by atoms with E-state index in [9.17, 15) is 9.59 Å². The van der Waals surface area contributed by atoms with E-state index in [4.69, 9.17) is 5.73 Å². The number of carbonyl (C=O) groups excluding carboxylic acids is 2. The van der Waals surface area contributed by atoms with Gasteiger partial charge in [-0.1, -0.05) is 29.8 Å². The molecule has 0 saturated carbocycles. The highest BCUT2D eigenvalue weighted by atomic mass is 16.2. The van der Waals surface area contributed by atoms with E-state index >= 15 is 0 Å². The van der Waals surface area contributed by atoms with Gasteiger partial charge in [0.15, 0.2) is 0 Å². The smallest absolute Gasteiger partial charge is 0.255 e. The normalized spacial score (nSPS) is 10.1. The predicted octanol–water partition coefficient (Wildman–Crippen LogP) is 2.65. The van der Waals surface area contributed by atoms with Crippen LogP contribution in [0.4, 0.5) is 5.69 Å². The van der Waals surface area contributed by atoms with Gasteiger partial charge in [0.1, 0.15) is 0 Å². The first-order valence-corrected chi connectivity index (χ1v) is 6.26. The highest BCUT2D eigenvalue weighted by Crippen LogP contribution is 2.21. The maximum atomic E-state index is 12.2. The number of hydrogen-bond acceptors (Lipinski definition) is 2. The number of para-hydroxylation sites is 1. The summed E-state index contributed by atoms with van der Waals surface area (Å²) in [6.07, 6.45) is 0. The van der Waals surface area contributed by atoms with Crippen molar-refractivity contribution in [3.63, 3.8) is 0 Å². The van der Waals surface area contributed by atoms with Crippen molar-refractivity contribution >= 4 is 17.5 Å². The van der Waals surface area contributed by atoms with Gasteiger partial charge in [0.25, 0.3) is 11.8 Å². The van der Waals surface area contributed by atoms with Gasteiger partial charge in [-0.3, -0.25) is 9.59 Å². The molecule has 0 atom stereocenters. The van der Waals surface area contributed by atoms with E-state index in [0.717, 1.165) is 11.1 Å². The summed E-state index contributed by atoms with van der Waals surface area (Å²) >= 11 is 0. The first-order chi connectivity index (χ1) is 9.49. The van der Waals surface area contributed by atoms with Crippen molar-refractivity contribution in [1.29, 1.82) is 0 Å². The van der Waals surface area contributed by atoms with E-state index in [0.29, 0.717) is 16.8 Å². The molecule has 4 heteroatoms. The molecule has 0 aromatic heterocycles. The predicted molar refractivity (Wildman–Crippen MR) is 78.8 cm³/mol. The third kappa shape index (κ3) is 2.85. The minimum Gasteiger partial charge on any atom is -0.366 e. The zero-order valence-electron chi connectivity index (χ0n) is 11.4. The third-order valence-electron chi connectivity index (χ3n) is 3.09. The lowest BCUT2D eigenvalue weighted by atomic mass is 10.1. The van der Waals surface area contributed by atoms with Crippen LogP contribution in [0.1, 0.15) is 31.8 Å². The first kappa shape index (κ1) is 13.8. The van der Waals surface area contributed by atoms with Crippen LogP contribution in [0.5, 0.6) is 0 Å². The molecule has 2 rings (SSSR count). The molecule has 0 radical (unpaired) electrons. The molecule has 2 aromatic rings. The van der Waals surface area contributed by atoms with Gasteiger partial charge in [-0.2, -0.15) is 0 Å². The van der Waals surface area contributed by atoms with Crippen LogP contribution in [-0.2, 0) is 0 Å². The molecule has 0 saturated heterocycles. The molecule has 2 amide bonds. The molecule has 0 heterocycles. The van der Waals surface area contributed by atoms with Gasteiger partial charge >= 0.3 is 0 Å². The fourth-order valence-corrected chi connectivity index (χ4v) is 1.93. The molecule has 4 nitrogen and oxygen atoms in total. The number of rotatable bonds is 3. The van der Waals surface area contributed by atoms with Crippen LogP contribution in [0.15, 0.2) is 42.5 Å². The summed E-state index contributed by atoms with van der Waals surface area (Å²) in [4.78, 5) is 23.6. The highest BCUT2D eigenvalue weighted by molar-refractivity contribution is 6.09. The monoisotopic (exact) mass is 268 g/mol. The van der Waals surface area contributed by atoms with Crippen LogP contribution in [0.2, 0.25) is 0 Å². The number of aryl methyl sites for hydroxylation is 2. The molecule has 0 aliphatic heterocycles. The lowest BCUT2D eigenvalue weighted by Gasteiger charge is -2.12. The van der Waals surface area contributed by atoms with E-state index in [1.165, 1.54) is 0 Å². The van der Waals surface area contributed by atoms with E-state index in [2.05, 4.69) is 5.32 Å². The summed E-state index contributed by atoms with van der Waals surface area (Å²) in [6, 6.07) is 12.4. The van der Waals surface area contributed by atoms with Gasteiger partial charge in [0.2, 0.25) is 0 Å². The third-order valence-corrected chi connectivity index (χ3v) is 3.09. The Morgan fingerprint density at radius 3 is 2.25 bits per heavy atom. The largest absolute Gasteiger partial charge is 0.366 e. The Balaban J connectivity index is 2.32. The van der Waals surface area contributed by atoms with Gasteiger partial charge in [-0.05, 0) is 37.6 Å². The molecule has 0 unspecified atom stereocenters. The second kappa shape index (κ2) is 5.57. The Labute approximate surface area is 117 Å². The molecule has 0 spiro atoms. The number of nitrogens with one attached hydrogen (secondary N) is 1. The van der Waals surface area contributed by atoms with Gasteiger partial charge < -0.3 is 11.1 Å². The number of hydrogen-bond donors (Lipinski definition) is 2. The zero-order chi connectivity index (χ0) is 14.7. The van der Waals surface area contributed by atoms with Crippen molar-refractivity contribution in [3.8, 4) is 0 Å². The average molecular weight is 268 g/mol. The SMILES string of the molecule is Cc1ccc(C(=O)Nc2c(C)cccc2C(N)=O)cc1. The lowest BCUT2D eigenvalue weighted by molar-refractivity contribution is 0.100. The van der Waals surface area contributed by atoms with Crippen LogP contribution < -0.4 is 11.1 Å². The van der Waals surface area contributed by atoms with Crippen molar-refractivity contribution in [2.75, 3.05) is 5.32 Å². The minimum absolute atomic E-state index is 0.262. The van der Waals surface area contributed by atoms with Gasteiger partial charge in [0, 0.05) is 5.56 Å². The summed E-state index contributed by atoms with van der Waals surface area (Å²) in [6.45, 7) is 3.77. The summed E-state index contributed by atoms with van der Waals surface area (Å²) < 4.78 is 0. The lowest BCUT2D eigenvalue weighted by Crippen LogP contribution is -2.19. The van der Waals surface area contributed by atoms with Crippen molar-refractivity contribution in [1.82, 2.24) is 0 Å². The molecular weight excluding hydrogens is 252 g/mol. The van der Waals surface area contributed by atoms with E-state index in [1.807, 2.05) is 32.0 Å². The zero-order valence-corrected chi connectivity index (χ0v) is 11.4. The molecule has 102 valence electrons. The maximum absolute atomic E-state index is 12.2. The summed E-state index contributed by atoms with van der Waals surface area (Å²) in [5.74, 6) is -0.824. The highest BCUT2D eigenvalue weighted by Gasteiger charge is 2.14. The Bertz CT molecular complexity index is 661. The van der Waals surface area contributed by atoms with Crippen molar-refractivity contribution in [2.24, 2.45) is 5.73 Å². The second-order valence-corrected chi connectivity index (χ2v) is 4.68. The molecule has 0 bridgehead atoms. The summed E-state index contributed by atoms with van der Waals surface area (Å²) in [5.41, 5.74) is 8.51.